The molecule has 0 amide bonds. The Labute approximate surface area is 58.0 Å². The Kier molecular flexibility index (Phi) is 1.03. The highest BCUT2D eigenvalue weighted by atomic mass is 16.4. The third kappa shape index (κ3) is 0.572. The molecule has 1 aromatic heterocycles. The minimum atomic E-state index is 0.740. The SMILES string of the molecule is ON=C1CCc2cocc21. The fraction of sp³-hybridized carbons (Fsp3) is 0.286. The van der Waals surface area contributed by atoms with Crippen molar-refractivity contribution >= 4 is 5.71 Å². The average molecular weight is 137 g/mol. The van der Waals surface area contributed by atoms with Crippen molar-refractivity contribution in [1.29, 1.82) is 0 Å². The molecule has 0 atom stereocenters. The van der Waals surface area contributed by atoms with E-state index in [9.17, 15) is 0 Å². The van der Waals surface area contributed by atoms with Gasteiger partial charge < -0.3 is 9.62 Å². The zero-order valence-electron chi connectivity index (χ0n) is 5.37. The van der Waals surface area contributed by atoms with Gasteiger partial charge >= 0.3 is 0 Å². The minimum Gasteiger partial charge on any atom is -0.472 e. The summed E-state index contributed by atoms with van der Waals surface area (Å²) in [4.78, 5) is 0. The molecule has 0 aromatic carbocycles. The van der Waals surface area contributed by atoms with Crippen molar-refractivity contribution < 1.29 is 9.62 Å². The molecule has 0 fully saturated rings. The van der Waals surface area contributed by atoms with Crippen LogP contribution in [-0.4, -0.2) is 10.9 Å². The summed E-state index contributed by atoms with van der Waals surface area (Å²) in [5, 5.41) is 11.6. The van der Waals surface area contributed by atoms with Gasteiger partial charge in [0.05, 0.1) is 18.2 Å². The summed E-state index contributed by atoms with van der Waals surface area (Å²) in [5.41, 5.74) is 2.85. The molecule has 3 nitrogen and oxygen atoms in total. The summed E-state index contributed by atoms with van der Waals surface area (Å²) < 4.78 is 4.93. The van der Waals surface area contributed by atoms with Gasteiger partial charge in [0.25, 0.3) is 0 Å². The van der Waals surface area contributed by atoms with Crippen molar-refractivity contribution in [2.75, 3.05) is 0 Å². The van der Waals surface area contributed by atoms with Crippen LogP contribution >= 0.6 is 0 Å². The van der Waals surface area contributed by atoms with Crippen molar-refractivity contribution in [2.24, 2.45) is 5.16 Å². The number of nitrogens with zero attached hydrogens (tertiary/aromatic N) is 1. The number of oxime groups is 1. The van der Waals surface area contributed by atoms with Crippen molar-refractivity contribution in [3.8, 4) is 0 Å². The molecule has 0 unspecified atom stereocenters. The zero-order chi connectivity index (χ0) is 6.97. The third-order valence-corrected chi connectivity index (χ3v) is 1.80. The second kappa shape index (κ2) is 1.87. The lowest BCUT2D eigenvalue weighted by atomic mass is 10.2. The molecule has 1 aliphatic carbocycles. The van der Waals surface area contributed by atoms with Gasteiger partial charge in [-0.25, -0.2) is 0 Å². The van der Waals surface area contributed by atoms with Crippen LogP contribution in [0, 0.1) is 0 Å². The topological polar surface area (TPSA) is 45.7 Å². The lowest BCUT2D eigenvalue weighted by Gasteiger charge is -1.86. The van der Waals surface area contributed by atoms with E-state index < -0.39 is 0 Å². The average Bonchev–Trinajstić information content (AvgIpc) is 2.44. The molecular formula is C7H7NO2. The van der Waals surface area contributed by atoms with E-state index in [0.29, 0.717) is 0 Å². The molecule has 1 N–H and O–H groups in total. The quantitative estimate of drug-likeness (QED) is 0.434. The molecule has 1 aromatic rings. The van der Waals surface area contributed by atoms with E-state index in [0.717, 1.165) is 29.7 Å². The number of hydrogen-bond acceptors (Lipinski definition) is 3. The van der Waals surface area contributed by atoms with E-state index in [1.807, 2.05) is 0 Å². The van der Waals surface area contributed by atoms with Gasteiger partial charge in [-0.3, -0.25) is 0 Å². The monoisotopic (exact) mass is 137 g/mol. The minimum absolute atomic E-state index is 0.740. The Bertz CT molecular complexity index is 275. The van der Waals surface area contributed by atoms with Gasteiger partial charge in [-0.15, -0.1) is 0 Å². The first-order valence-corrected chi connectivity index (χ1v) is 3.18. The van der Waals surface area contributed by atoms with Crippen LogP contribution in [0.1, 0.15) is 17.5 Å². The van der Waals surface area contributed by atoms with Gasteiger partial charge in [0.15, 0.2) is 0 Å². The molecular weight excluding hydrogens is 130 g/mol. The van der Waals surface area contributed by atoms with E-state index in [-0.39, 0.29) is 0 Å². The molecule has 0 spiro atoms. The molecule has 1 aliphatic rings. The number of hydrogen-bond donors (Lipinski definition) is 1. The van der Waals surface area contributed by atoms with Crippen LogP contribution in [-0.2, 0) is 6.42 Å². The molecule has 52 valence electrons. The van der Waals surface area contributed by atoms with Crippen LogP contribution < -0.4 is 0 Å². The van der Waals surface area contributed by atoms with Crippen LogP contribution in [0.25, 0.3) is 0 Å². The Morgan fingerprint density at radius 3 is 3.10 bits per heavy atom. The van der Waals surface area contributed by atoms with Gasteiger partial charge in [0, 0.05) is 5.56 Å². The highest BCUT2D eigenvalue weighted by molar-refractivity contribution is 6.03. The first-order valence-electron chi connectivity index (χ1n) is 3.18. The van der Waals surface area contributed by atoms with E-state index in [1.165, 1.54) is 0 Å². The van der Waals surface area contributed by atoms with Crippen molar-refractivity contribution in [2.45, 2.75) is 12.8 Å². The van der Waals surface area contributed by atoms with E-state index >= 15 is 0 Å². The highest BCUT2D eigenvalue weighted by Crippen LogP contribution is 2.22. The fourth-order valence-corrected chi connectivity index (χ4v) is 1.26. The summed E-state index contributed by atoms with van der Waals surface area (Å²) in [6.45, 7) is 0. The molecule has 0 saturated heterocycles. The molecule has 0 radical (unpaired) electrons. The first-order chi connectivity index (χ1) is 4.92. The van der Waals surface area contributed by atoms with Crippen LogP contribution in [0.4, 0.5) is 0 Å². The molecule has 0 aliphatic heterocycles. The Hall–Kier alpha value is -1.25. The molecule has 1 heterocycles. The van der Waals surface area contributed by atoms with Gasteiger partial charge in [0.2, 0.25) is 0 Å². The lowest BCUT2D eigenvalue weighted by Crippen LogP contribution is -1.90. The van der Waals surface area contributed by atoms with Crippen LogP contribution in [0.2, 0.25) is 0 Å². The van der Waals surface area contributed by atoms with Crippen molar-refractivity contribution in [3.05, 3.63) is 23.7 Å². The predicted molar refractivity (Wildman–Crippen MR) is 35.4 cm³/mol. The first kappa shape index (κ1) is 5.53. The maximum Gasteiger partial charge on any atom is 0.0997 e. The maximum atomic E-state index is 8.48. The van der Waals surface area contributed by atoms with Crippen molar-refractivity contribution in [1.82, 2.24) is 0 Å². The third-order valence-electron chi connectivity index (χ3n) is 1.80. The van der Waals surface area contributed by atoms with E-state index in [1.54, 1.807) is 12.5 Å². The maximum absolute atomic E-state index is 8.48. The summed E-state index contributed by atoms with van der Waals surface area (Å²) in [6, 6.07) is 0. The molecule has 10 heavy (non-hydrogen) atoms. The predicted octanol–water partition coefficient (Wildman–Crippen LogP) is 1.40. The van der Waals surface area contributed by atoms with Gasteiger partial charge in [-0.1, -0.05) is 5.16 Å². The summed E-state index contributed by atoms with van der Waals surface area (Å²) >= 11 is 0. The van der Waals surface area contributed by atoms with Gasteiger partial charge in [-0.05, 0) is 18.4 Å². The lowest BCUT2D eigenvalue weighted by molar-refractivity contribution is 0.318. The van der Waals surface area contributed by atoms with Gasteiger partial charge in [0.1, 0.15) is 0 Å². The number of fused-ring (bicyclic) bond motifs is 1. The molecule has 2 rings (SSSR count). The second-order valence-electron chi connectivity index (χ2n) is 2.36. The normalized spacial score (nSPS) is 19.8. The van der Waals surface area contributed by atoms with Gasteiger partial charge in [-0.2, -0.15) is 0 Å². The Morgan fingerprint density at radius 2 is 2.30 bits per heavy atom. The largest absolute Gasteiger partial charge is 0.472 e. The summed E-state index contributed by atoms with van der Waals surface area (Å²) in [6.07, 6.45) is 5.09. The summed E-state index contributed by atoms with van der Waals surface area (Å²) in [5.74, 6) is 0. The highest BCUT2D eigenvalue weighted by Gasteiger charge is 2.19. The molecule has 0 bridgehead atoms. The Balaban J connectivity index is 2.53. The number of rotatable bonds is 0. The van der Waals surface area contributed by atoms with Crippen LogP contribution in [0.15, 0.2) is 22.1 Å². The Morgan fingerprint density at radius 1 is 1.40 bits per heavy atom. The van der Waals surface area contributed by atoms with Crippen molar-refractivity contribution in [3.63, 3.8) is 0 Å². The van der Waals surface area contributed by atoms with E-state index in [4.69, 9.17) is 9.62 Å². The number of furan rings is 1. The number of aryl methyl sites for hydroxylation is 1. The zero-order valence-corrected chi connectivity index (χ0v) is 5.37. The molecule has 3 heteroatoms. The smallest absolute Gasteiger partial charge is 0.0997 e. The van der Waals surface area contributed by atoms with E-state index in [2.05, 4.69) is 5.16 Å². The molecule has 0 saturated carbocycles. The van der Waals surface area contributed by atoms with Crippen LogP contribution in [0.5, 0.6) is 0 Å². The standard InChI is InChI=1S/C7H7NO2/c9-8-7-2-1-5-3-10-4-6(5)7/h3-4,9H,1-2H2. The summed E-state index contributed by atoms with van der Waals surface area (Å²) in [7, 11) is 0. The van der Waals surface area contributed by atoms with Crippen LogP contribution in [0.3, 0.4) is 0 Å². The second-order valence-corrected chi connectivity index (χ2v) is 2.36. The fourth-order valence-electron chi connectivity index (χ4n) is 1.26.